The Morgan fingerprint density at radius 3 is 2.25 bits per heavy atom. The lowest BCUT2D eigenvalue weighted by Gasteiger charge is -2.17. The average molecular weight is 226 g/mol. The van der Waals surface area contributed by atoms with Crippen molar-refractivity contribution in [3.63, 3.8) is 0 Å². The van der Waals surface area contributed by atoms with E-state index in [2.05, 4.69) is 20.8 Å². The van der Waals surface area contributed by atoms with Gasteiger partial charge in [0, 0.05) is 19.3 Å². The van der Waals surface area contributed by atoms with Crippen LogP contribution in [0.5, 0.6) is 0 Å². The zero-order valence-electron chi connectivity index (χ0n) is 11.2. The molecule has 2 heteroatoms. The minimum absolute atomic E-state index is 0.322. The molecule has 0 fully saturated rings. The van der Waals surface area contributed by atoms with Crippen molar-refractivity contribution in [2.24, 2.45) is 17.8 Å². The lowest BCUT2D eigenvalue weighted by Crippen LogP contribution is -2.15. The molecular formula is C14H26O2. The molecule has 0 aliphatic heterocycles. The topological polar surface area (TPSA) is 34.1 Å². The normalized spacial score (nSPS) is 16.5. The molecule has 0 rings (SSSR count). The Labute approximate surface area is 99.8 Å². The van der Waals surface area contributed by atoms with E-state index in [0.29, 0.717) is 42.8 Å². The highest BCUT2D eigenvalue weighted by atomic mass is 16.1. The van der Waals surface area contributed by atoms with Crippen LogP contribution in [0, 0.1) is 17.8 Å². The minimum atomic E-state index is 0.322. The molecular weight excluding hydrogens is 200 g/mol. The summed E-state index contributed by atoms with van der Waals surface area (Å²) in [5.74, 6) is 1.51. The highest BCUT2D eigenvalue weighted by Gasteiger charge is 2.17. The van der Waals surface area contributed by atoms with E-state index >= 15 is 0 Å². The van der Waals surface area contributed by atoms with E-state index in [4.69, 9.17) is 0 Å². The van der Waals surface area contributed by atoms with E-state index in [1.54, 1.807) is 0 Å². The molecule has 0 aliphatic rings. The molecule has 0 saturated heterocycles. The number of ketones is 1. The number of aldehydes is 1. The molecule has 0 amide bonds. The van der Waals surface area contributed by atoms with E-state index in [1.165, 1.54) is 0 Å². The largest absolute Gasteiger partial charge is 0.303 e. The van der Waals surface area contributed by atoms with Crippen molar-refractivity contribution in [2.75, 3.05) is 0 Å². The standard InChI is InChI=1S/C14H26O2/c1-5-6-11(2)9-14(16)10-13(4)12(3)7-8-15/h8,11-13H,5-7,9-10H2,1-4H3. The Morgan fingerprint density at radius 2 is 1.75 bits per heavy atom. The zero-order chi connectivity index (χ0) is 12.6. The van der Waals surface area contributed by atoms with Gasteiger partial charge < -0.3 is 4.79 Å². The summed E-state index contributed by atoms with van der Waals surface area (Å²) < 4.78 is 0. The molecule has 3 unspecified atom stereocenters. The number of carbonyl (C=O) groups is 2. The molecule has 0 aliphatic carbocycles. The van der Waals surface area contributed by atoms with Gasteiger partial charge in [0.15, 0.2) is 0 Å². The van der Waals surface area contributed by atoms with Gasteiger partial charge in [-0.25, -0.2) is 0 Å². The van der Waals surface area contributed by atoms with Crippen molar-refractivity contribution in [3.05, 3.63) is 0 Å². The van der Waals surface area contributed by atoms with Gasteiger partial charge in [0.2, 0.25) is 0 Å². The van der Waals surface area contributed by atoms with Crippen molar-refractivity contribution in [1.29, 1.82) is 0 Å². The summed E-state index contributed by atoms with van der Waals surface area (Å²) in [5.41, 5.74) is 0. The van der Waals surface area contributed by atoms with Crippen molar-refractivity contribution in [2.45, 2.75) is 59.8 Å². The van der Waals surface area contributed by atoms with Crippen molar-refractivity contribution < 1.29 is 9.59 Å². The van der Waals surface area contributed by atoms with E-state index in [-0.39, 0.29) is 0 Å². The summed E-state index contributed by atoms with van der Waals surface area (Å²) in [6.45, 7) is 8.40. The van der Waals surface area contributed by atoms with E-state index in [0.717, 1.165) is 19.1 Å². The van der Waals surface area contributed by atoms with Crippen LogP contribution in [0.2, 0.25) is 0 Å². The Bertz CT molecular complexity index is 211. The first kappa shape index (κ1) is 15.3. The van der Waals surface area contributed by atoms with Crippen molar-refractivity contribution in [3.8, 4) is 0 Å². The molecule has 0 N–H and O–H groups in total. The Morgan fingerprint density at radius 1 is 1.12 bits per heavy atom. The van der Waals surface area contributed by atoms with Gasteiger partial charge in [0.25, 0.3) is 0 Å². The molecule has 94 valence electrons. The van der Waals surface area contributed by atoms with E-state index < -0.39 is 0 Å². The van der Waals surface area contributed by atoms with Crippen LogP contribution in [0.15, 0.2) is 0 Å². The number of rotatable bonds is 9. The van der Waals surface area contributed by atoms with Crippen LogP contribution in [0.3, 0.4) is 0 Å². The fourth-order valence-electron chi connectivity index (χ4n) is 2.01. The number of Topliss-reactive ketones (excluding diaryl/α,β-unsaturated/α-hetero) is 1. The first-order valence-electron chi connectivity index (χ1n) is 6.46. The summed E-state index contributed by atoms with van der Waals surface area (Å²) >= 11 is 0. The molecule has 0 saturated carbocycles. The number of hydrogen-bond acceptors (Lipinski definition) is 2. The number of hydrogen-bond donors (Lipinski definition) is 0. The Balaban J connectivity index is 3.89. The first-order valence-corrected chi connectivity index (χ1v) is 6.46. The maximum Gasteiger partial charge on any atom is 0.133 e. The van der Waals surface area contributed by atoms with E-state index in [9.17, 15) is 9.59 Å². The fourth-order valence-corrected chi connectivity index (χ4v) is 2.01. The summed E-state index contributed by atoms with van der Waals surface area (Å²) in [6, 6.07) is 0. The molecule has 2 nitrogen and oxygen atoms in total. The quantitative estimate of drug-likeness (QED) is 0.563. The van der Waals surface area contributed by atoms with Gasteiger partial charge in [-0.3, -0.25) is 4.79 Å². The fraction of sp³-hybridized carbons (Fsp3) is 0.857. The van der Waals surface area contributed by atoms with Crippen LogP contribution in [-0.4, -0.2) is 12.1 Å². The monoisotopic (exact) mass is 226 g/mol. The molecule has 0 radical (unpaired) electrons. The van der Waals surface area contributed by atoms with Gasteiger partial charge in [0.05, 0.1) is 0 Å². The summed E-state index contributed by atoms with van der Waals surface area (Å²) in [7, 11) is 0. The molecule has 16 heavy (non-hydrogen) atoms. The van der Waals surface area contributed by atoms with Crippen LogP contribution in [0.4, 0.5) is 0 Å². The Hall–Kier alpha value is -0.660. The van der Waals surface area contributed by atoms with Gasteiger partial charge in [-0.05, 0) is 17.8 Å². The van der Waals surface area contributed by atoms with Crippen LogP contribution in [0.25, 0.3) is 0 Å². The molecule has 0 aromatic heterocycles. The second-order valence-corrected chi connectivity index (χ2v) is 5.20. The molecule has 0 bridgehead atoms. The maximum atomic E-state index is 11.8. The third-order valence-corrected chi connectivity index (χ3v) is 3.35. The highest BCUT2D eigenvalue weighted by molar-refractivity contribution is 5.78. The second-order valence-electron chi connectivity index (χ2n) is 5.20. The lowest BCUT2D eigenvalue weighted by molar-refractivity contribution is -0.121. The van der Waals surface area contributed by atoms with Crippen LogP contribution in [0.1, 0.15) is 59.8 Å². The molecule has 0 spiro atoms. The van der Waals surface area contributed by atoms with Gasteiger partial charge in [0.1, 0.15) is 12.1 Å². The van der Waals surface area contributed by atoms with Gasteiger partial charge in [-0.2, -0.15) is 0 Å². The first-order chi connectivity index (χ1) is 7.51. The smallest absolute Gasteiger partial charge is 0.133 e. The maximum absolute atomic E-state index is 11.8. The predicted octanol–water partition coefficient (Wildman–Crippen LogP) is 3.63. The molecule has 3 atom stereocenters. The summed E-state index contributed by atoms with van der Waals surface area (Å²) in [4.78, 5) is 22.1. The molecule has 0 aromatic rings. The molecule has 0 heterocycles. The van der Waals surface area contributed by atoms with Gasteiger partial charge >= 0.3 is 0 Å². The zero-order valence-corrected chi connectivity index (χ0v) is 11.2. The highest BCUT2D eigenvalue weighted by Crippen LogP contribution is 2.20. The Kier molecular flexibility index (Phi) is 8.14. The predicted molar refractivity (Wildman–Crippen MR) is 67.3 cm³/mol. The molecule has 0 aromatic carbocycles. The third kappa shape index (κ3) is 6.76. The van der Waals surface area contributed by atoms with E-state index in [1.807, 2.05) is 6.92 Å². The van der Waals surface area contributed by atoms with Crippen LogP contribution >= 0.6 is 0 Å². The second kappa shape index (κ2) is 8.49. The lowest BCUT2D eigenvalue weighted by atomic mass is 9.87. The average Bonchev–Trinajstić information content (AvgIpc) is 2.17. The minimum Gasteiger partial charge on any atom is -0.303 e. The van der Waals surface area contributed by atoms with Gasteiger partial charge in [-0.1, -0.05) is 40.5 Å². The SMILES string of the molecule is CCCC(C)CC(=O)CC(C)C(C)CC=O. The van der Waals surface area contributed by atoms with Crippen molar-refractivity contribution in [1.82, 2.24) is 0 Å². The van der Waals surface area contributed by atoms with Crippen molar-refractivity contribution >= 4 is 12.1 Å². The summed E-state index contributed by atoms with van der Waals surface area (Å²) in [6.07, 6.45) is 5.12. The third-order valence-electron chi connectivity index (χ3n) is 3.35. The van der Waals surface area contributed by atoms with Gasteiger partial charge in [-0.15, -0.1) is 0 Å². The summed E-state index contributed by atoms with van der Waals surface area (Å²) in [5, 5.41) is 0. The van der Waals surface area contributed by atoms with Crippen LogP contribution in [-0.2, 0) is 9.59 Å². The van der Waals surface area contributed by atoms with Crippen LogP contribution < -0.4 is 0 Å². The number of carbonyl (C=O) groups excluding carboxylic acids is 2.